The van der Waals surface area contributed by atoms with E-state index in [2.05, 4.69) is 81.0 Å². The van der Waals surface area contributed by atoms with Gasteiger partial charge in [-0.2, -0.15) is 5.26 Å². The Hall–Kier alpha value is -5.86. The van der Waals surface area contributed by atoms with Crippen molar-refractivity contribution in [2.24, 2.45) is 0 Å². The van der Waals surface area contributed by atoms with Gasteiger partial charge in [0.2, 0.25) is 0 Å². The third kappa shape index (κ3) is 6.41. The maximum Gasteiger partial charge on any atom is 0.146 e. The van der Waals surface area contributed by atoms with Gasteiger partial charge in [-0.3, -0.25) is 0 Å². The van der Waals surface area contributed by atoms with Gasteiger partial charge in [-0.05, 0) is 60.4 Å². The number of hydrogen-bond donors (Lipinski definition) is 0. The number of benzene rings is 5. The number of furan rings is 1. The molecular weight excluding hydrogens is 841 g/mol. The molecule has 0 spiro atoms. The van der Waals surface area contributed by atoms with Crippen LogP contribution in [0.1, 0.15) is 63.7 Å². The molecule has 9 aromatic rings. The van der Waals surface area contributed by atoms with E-state index >= 15 is 0 Å². The van der Waals surface area contributed by atoms with Crippen LogP contribution >= 0.6 is 0 Å². The van der Waals surface area contributed by atoms with Crippen molar-refractivity contribution in [3.8, 4) is 34.3 Å². The van der Waals surface area contributed by atoms with Crippen LogP contribution in [0.4, 0.5) is 0 Å². The van der Waals surface area contributed by atoms with Gasteiger partial charge >= 0.3 is 0 Å². The molecule has 0 saturated carbocycles. The summed E-state index contributed by atoms with van der Waals surface area (Å²) in [4.78, 5) is 8.87. The second kappa shape index (κ2) is 14.5. The number of aromatic nitrogens is 3. The fraction of sp³-hybridized carbons (Fsp3) is 0.146. The SMILES string of the molecule is Cc1cnc(-c2[c-]ccc(C(C)(C)C)c2)cc1C.[2H]c1c([2H])c([2H])c2c(c1[2H])c1c([2H])c([2H])c([2H])c([2H])c1n2-c1c(C#N)ccc2c1oc1c(-c3ccccn3)[c-]cc(C([2H])([2H])[2H])c12.[Ir]. The number of rotatable bonds is 3. The molecule has 5 aromatic carbocycles. The van der Waals surface area contributed by atoms with Crippen molar-refractivity contribution < 1.29 is 39.6 Å². The van der Waals surface area contributed by atoms with E-state index in [1.165, 1.54) is 39.5 Å². The van der Waals surface area contributed by atoms with Crippen molar-refractivity contribution in [1.29, 1.82) is 5.26 Å². The molecule has 0 atom stereocenters. The first-order chi connectivity index (χ1) is 30.2. The summed E-state index contributed by atoms with van der Waals surface area (Å²) in [5.74, 6) is 0. The van der Waals surface area contributed by atoms with Crippen molar-refractivity contribution >= 4 is 43.7 Å². The number of aryl methyl sites for hydroxylation is 3. The molecule has 267 valence electrons. The molecule has 0 saturated heterocycles. The average molecular weight is 890 g/mol. The first-order valence-corrected chi connectivity index (χ1v) is 16.9. The normalized spacial score (nSPS) is 14.5. The van der Waals surface area contributed by atoms with Gasteiger partial charge in [0.25, 0.3) is 0 Å². The quantitative estimate of drug-likeness (QED) is 0.166. The molecule has 0 aliphatic heterocycles. The predicted molar refractivity (Wildman–Crippen MR) is 216 cm³/mol. The van der Waals surface area contributed by atoms with Crippen LogP contribution < -0.4 is 0 Å². The predicted octanol–water partition coefficient (Wildman–Crippen LogP) is 12.2. The Morgan fingerprint density at radius 3 is 2.20 bits per heavy atom. The first kappa shape index (κ1) is 25.2. The molecule has 0 unspecified atom stereocenters. The molecular formula is C48H38IrN4O-2. The Morgan fingerprint density at radius 2 is 1.56 bits per heavy atom. The Bertz CT molecular complexity index is 3360. The summed E-state index contributed by atoms with van der Waals surface area (Å²) in [6, 6.07) is 21.5. The molecule has 54 heavy (non-hydrogen) atoms. The van der Waals surface area contributed by atoms with Gasteiger partial charge in [0.15, 0.2) is 0 Å². The van der Waals surface area contributed by atoms with Gasteiger partial charge < -0.3 is 19.0 Å². The van der Waals surface area contributed by atoms with Crippen molar-refractivity contribution in [1.82, 2.24) is 14.5 Å². The van der Waals surface area contributed by atoms with Crippen LogP contribution in [-0.4, -0.2) is 14.5 Å². The minimum atomic E-state index is -2.62. The summed E-state index contributed by atoms with van der Waals surface area (Å²) < 4.78 is 101. The summed E-state index contributed by atoms with van der Waals surface area (Å²) >= 11 is 0. The summed E-state index contributed by atoms with van der Waals surface area (Å²) in [5.41, 5.74) is 6.19. The molecule has 6 heteroatoms. The smallest absolute Gasteiger partial charge is 0.146 e. The van der Waals surface area contributed by atoms with E-state index in [9.17, 15) is 5.26 Å². The second-order valence-corrected chi connectivity index (χ2v) is 13.7. The number of hydrogen-bond acceptors (Lipinski definition) is 4. The first-order valence-electron chi connectivity index (χ1n) is 22.4. The topological polar surface area (TPSA) is 67.6 Å². The summed E-state index contributed by atoms with van der Waals surface area (Å²) in [5, 5.41) is 10.4. The van der Waals surface area contributed by atoms with Crippen molar-refractivity contribution in [2.75, 3.05) is 0 Å². The van der Waals surface area contributed by atoms with Gasteiger partial charge in [0.1, 0.15) is 17.3 Å². The largest absolute Gasteiger partial charge is 0.498 e. The maximum absolute atomic E-state index is 10.3. The number of fused-ring (bicyclic) bond motifs is 6. The molecule has 4 aromatic heterocycles. The van der Waals surface area contributed by atoms with E-state index in [0.29, 0.717) is 11.3 Å². The maximum atomic E-state index is 10.3. The van der Waals surface area contributed by atoms with E-state index in [0.717, 1.165) is 11.3 Å². The van der Waals surface area contributed by atoms with Crippen LogP contribution in [0, 0.1) is 44.2 Å². The van der Waals surface area contributed by atoms with Gasteiger partial charge in [-0.1, -0.05) is 105 Å². The second-order valence-electron chi connectivity index (χ2n) is 13.7. The zero-order chi connectivity index (χ0) is 46.3. The standard InChI is InChI=1S/C31H18N3O.C17H20N.Ir/c1-19-13-15-23(25-10-6-7-17-33-25)30-28(19)24-16-14-20(18-32)29(31(24)35-30)34-26-11-4-2-8-21(26)22-9-3-5-12-27(22)34;1-12-9-16(18-11-13(12)2)14-7-6-8-15(10-14)17(3,4)5;/h2-14,16-17H,1H3;6,8-11H,1-5H3;/q2*-1;/i1D3,2D,3D,4D,5D,8D,9D,11D,12D;;. The minimum absolute atomic E-state index is 0. The summed E-state index contributed by atoms with van der Waals surface area (Å²) in [7, 11) is 0. The van der Waals surface area contributed by atoms with Gasteiger partial charge in [-0.15, -0.1) is 53.1 Å². The Morgan fingerprint density at radius 1 is 0.815 bits per heavy atom. The van der Waals surface area contributed by atoms with E-state index < -0.39 is 55.2 Å². The Balaban J connectivity index is 0.000000279. The van der Waals surface area contributed by atoms with Crippen molar-refractivity contribution in [3.63, 3.8) is 0 Å². The Labute approximate surface area is 344 Å². The number of nitriles is 1. The van der Waals surface area contributed by atoms with Crippen LogP contribution in [0.5, 0.6) is 0 Å². The van der Waals surface area contributed by atoms with Gasteiger partial charge in [-0.25, -0.2) is 0 Å². The van der Waals surface area contributed by atoms with Crippen molar-refractivity contribution in [3.05, 3.63) is 161 Å². The van der Waals surface area contributed by atoms with E-state index in [4.69, 9.17) is 19.5 Å². The third-order valence-electron chi connectivity index (χ3n) is 9.30. The minimum Gasteiger partial charge on any atom is -0.498 e. The summed E-state index contributed by atoms with van der Waals surface area (Å²) in [6.45, 7) is 8.25. The van der Waals surface area contributed by atoms with E-state index in [1.54, 1.807) is 24.4 Å². The average Bonchev–Trinajstić information content (AvgIpc) is 3.84. The molecule has 0 aliphatic carbocycles. The number of pyridine rings is 2. The van der Waals surface area contributed by atoms with Crippen molar-refractivity contribution in [2.45, 2.75) is 46.9 Å². The Kier molecular flexibility index (Phi) is 6.78. The molecule has 0 bridgehead atoms. The molecule has 1 radical (unpaired) electrons. The van der Waals surface area contributed by atoms with Crippen LogP contribution in [0.15, 0.2) is 126 Å². The molecule has 4 heterocycles. The molecule has 9 rings (SSSR count). The third-order valence-corrected chi connectivity index (χ3v) is 9.30. The molecule has 5 nitrogen and oxygen atoms in total. The van der Waals surface area contributed by atoms with Crippen LogP contribution in [0.25, 0.3) is 71.9 Å². The fourth-order valence-electron chi connectivity index (χ4n) is 6.38. The van der Waals surface area contributed by atoms with Crippen LogP contribution in [-0.2, 0) is 25.5 Å². The molecule has 0 amide bonds. The molecule has 0 fully saturated rings. The summed E-state index contributed by atoms with van der Waals surface area (Å²) in [6.07, 6.45) is 3.48. The number of nitrogens with zero attached hydrogens (tertiary/aromatic N) is 4. The van der Waals surface area contributed by atoms with Gasteiger partial charge in [0.05, 0.1) is 33.1 Å². The molecule has 0 N–H and O–H groups in total. The fourth-order valence-corrected chi connectivity index (χ4v) is 6.38. The number of para-hydroxylation sites is 2. The van der Waals surface area contributed by atoms with Crippen LogP contribution in [0.2, 0.25) is 0 Å². The zero-order valence-electron chi connectivity index (χ0n) is 41.0. The zero-order valence-corrected chi connectivity index (χ0v) is 32.4. The monoisotopic (exact) mass is 890 g/mol. The molecule has 0 aliphatic rings. The van der Waals surface area contributed by atoms with Gasteiger partial charge in [0, 0.05) is 52.8 Å². The van der Waals surface area contributed by atoms with E-state index in [1.807, 2.05) is 12.3 Å². The van der Waals surface area contributed by atoms with E-state index in [-0.39, 0.29) is 86.1 Å². The van der Waals surface area contributed by atoms with Crippen LogP contribution in [0.3, 0.4) is 0 Å².